The Bertz CT molecular complexity index is 1020. The van der Waals surface area contributed by atoms with E-state index >= 15 is 0 Å². The van der Waals surface area contributed by atoms with Gasteiger partial charge in [0, 0.05) is 12.6 Å². The molecule has 30 heavy (non-hydrogen) atoms. The highest BCUT2D eigenvalue weighted by Gasteiger charge is 2.22. The van der Waals surface area contributed by atoms with Crippen LogP contribution in [-0.4, -0.2) is 32.6 Å². The van der Waals surface area contributed by atoms with Crippen molar-refractivity contribution < 1.29 is 18.1 Å². The van der Waals surface area contributed by atoms with Gasteiger partial charge < -0.3 is 10.1 Å². The molecule has 2 aromatic carbocycles. The van der Waals surface area contributed by atoms with Gasteiger partial charge in [-0.1, -0.05) is 30.5 Å². The third-order valence-electron chi connectivity index (χ3n) is 5.18. The molecule has 0 aliphatic heterocycles. The number of anilines is 2. The third-order valence-corrected chi connectivity index (χ3v) is 6.54. The summed E-state index contributed by atoms with van der Waals surface area (Å²) >= 11 is 0. The van der Waals surface area contributed by atoms with E-state index in [1.807, 2.05) is 13.0 Å². The first-order valence-corrected chi connectivity index (χ1v) is 11.5. The smallest absolute Gasteiger partial charge is 0.293 e. The number of aryl methyl sites for hydroxylation is 2. The van der Waals surface area contributed by atoms with Gasteiger partial charge in [-0.05, 0) is 50.5 Å². The standard InChI is InChI=1S/C21H27N3O5S/c1-15-7-9-19(16(2)13-15)23-30(27,28)18-8-10-20(21(14-18)24(25)26)22-11-12-29-17-5-3-4-6-17/h7-10,13-14,17,22-23H,3-6,11-12H2,1-2H3. The Hall–Kier alpha value is -2.65. The lowest BCUT2D eigenvalue weighted by Crippen LogP contribution is -2.17. The van der Waals surface area contributed by atoms with E-state index in [2.05, 4.69) is 10.0 Å². The lowest BCUT2D eigenvalue weighted by Gasteiger charge is -2.14. The van der Waals surface area contributed by atoms with Gasteiger partial charge in [0.15, 0.2) is 0 Å². The zero-order valence-electron chi connectivity index (χ0n) is 17.2. The van der Waals surface area contributed by atoms with Crippen LogP contribution in [0.2, 0.25) is 0 Å². The van der Waals surface area contributed by atoms with Gasteiger partial charge in [-0.2, -0.15) is 0 Å². The van der Waals surface area contributed by atoms with E-state index in [1.165, 1.54) is 25.0 Å². The largest absolute Gasteiger partial charge is 0.377 e. The van der Waals surface area contributed by atoms with E-state index < -0.39 is 14.9 Å². The molecule has 0 saturated heterocycles. The number of nitro groups is 1. The molecular weight excluding hydrogens is 406 g/mol. The Balaban J connectivity index is 1.72. The highest BCUT2D eigenvalue weighted by Crippen LogP contribution is 2.29. The maximum Gasteiger partial charge on any atom is 0.293 e. The van der Waals surface area contributed by atoms with Crippen molar-refractivity contribution in [3.63, 3.8) is 0 Å². The molecule has 0 heterocycles. The van der Waals surface area contributed by atoms with Crippen LogP contribution in [0.25, 0.3) is 0 Å². The Labute approximate surface area is 176 Å². The van der Waals surface area contributed by atoms with Crippen molar-refractivity contribution in [2.24, 2.45) is 0 Å². The summed E-state index contributed by atoms with van der Waals surface area (Å²) in [5.74, 6) is 0. The minimum Gasteiger partial charge on any atom is -0.377 e. The van der Waals surface area contributed by atoms with Crippen LogP contribution in [0, 0.1) is 24.0 Å². The molecule has 0 radical (unpaired) electrons. The number of hydrogen-bond donors (Lipinski definition) is 2. The van der Waals surface area contributed by atoms with Gasteiger partial charge in [0.1, 0.15) is 5.69 Å². The van der Waals surface area contributed by atoms with E-state index in [0.29, 0.717) is 18.8 Å². The molecule has 8 nitrogen and oxygen atoms in total. The van der Waals surface area contributed by atoms with Gasteiger partial charge in [-0.3, -0.25) is 14.8 Å². The van der Waals surface area contributed by atoms with Crippen molar-refractivity contribution in [2.45, 2.75) is 50.5 Å². The second-order valence-electron chi connectivity index (χ2n) is 7.56. The van der Waals surface area contributed by atoms with Crippen molar-refractivity contribution in [3.8, 4) is 0 Å². The van der Waals surface area contributed by atoms with E-state index in [1.54, 1.807) is 19.1 Å². The predicted molar refractivity (Wildman–Crippen MR) is 117 cm³/mol. The molecular formula is C21H27N3O5S. The Morgan fingerprint density at radius 3 is 2.47 bits per heavy atom. The van der Waals surface area contributed by atoms with Crippen LogP contribution < -0.4 is 10.0 Å². The van der Waals surface area contributed by atoms with Gasteiger partial charge in [-0.15, -0.1) is 0 Å². The van der Waals surface area contributed by atoms with E-state index in [0.717, 1.165) is 30.0 Å². The monoisotopic (exact) mass is 433 g/mol. The van der Waals surface area contributed by atoms with Crippen molar-refractivity contribution in [2.75, 3.05) is 23.2 Å². The van der Waals surface area contributed by atoms with Gasteiger partial charge >= 0.3 is 0 Å². The highest BCUT2D eigenvalue weighted by atomic mass is 32.2. The molecule has 0 spiro atoms. The number of sulfonamides is 1. The van der Waals surface area contributed by atoms with Gasteiger partial charge in [0.2, 0.25) is 0 Å². The van der Waals surface area contributed by atoms with Crippen LogP contribution in [-0.2, 0) is 14.8 Å². The SMILES string of the molecule is Cc1ccc(NS(=O)(=O)c2ccc(NCCOC3CCCC3)c([N+](=O)[O-])c2)c(C)c1. The molecule has 1 aliphatic carbocycles. The van der Waals surface area contributed by atoms with E-state index in [9.17, 15) is 18.5 Å². The first kappa shape index (κ1) is 22.0. The zero-order valence-corrected chi connectivity index (χ0v) is 18.0. The van der Waals surface area contributed by atoms with Crippen molar-refractivity contribution in [3.05, 3.63) is 57.6 Å². The molecule has 1 aliphatic rings. The number of rotatable bonds is 9. The molecule has 0 aromatic heterocycles. The topological polar surface area (TPSA) is 111 Å². The number of nitrogens with one attached hydrogen (secondary N) is 2. The lowest BCUT2D eigenvalue weighted by molar-refractivity contribution is -0.384. The normalized spacial score (nSPS) is 14.6. The predicted octanol–water partition coefficient (Wildman–Crippen LogP) is 4.38. The van der Waals surface area contributed by atoms with Crippen LogP contribution in [0.3, 0.4) is 0 Å². The molecule has 0 atom stereocenters. The van der Waals surface area contributed by atoms with Crippen LogP contribution in [0.4, 0.5) is 17.1 Å². The maximum absolute atomic E-state index is 12.8. The summed E-state index contributed by atoms with van der Waals surface area (Å²) in [6.45, 7) is 4.56. The average Bonchev–Trinajstić information content (AvgIpc) is 3.21. The van der Waals surface area contributed by atoms with Crippen LogP contribution in [0.1, 0.15) is 36.8 Å². The van der Waals surface area contributed by atoms with Crippen molar-refractivity contribution in [1.82, 2.24) is 0 Å². The maximum atomic E-state index is 12.8. The van der Waals surface area contributed by atoms with Crippen LogP contribution >= 0.6 is 0 Å². The summed E-state index contributed by atoms with van der Waals surface area (Å²) < 4.78 is 33.8. The molecule has 1 fully saturated rings. The second kappa shape index (κ2) is 9.44. The van der Waals surface area contributed by atoms with E-state index in [-0.39, 0.29) is 22.4 Å². The highest BCUT2D eigenvalue weighted by molar-refractivity contribution is 7.92. The van der Waals surface area contributed by atoms with E-state index in [4.69, 9.17) is 4.74 Å². The summed E-state index contributed by atoms with van der Waals surface area (Å²) in [5, 5.41) is 14.5. The number of benzene rings is 2. The molecule has 1 saturated carbocycles. The molecule has 9 heteroatoms. The number of nitrogens with zero attached hydrogens (tertiary/aromatic N) is 1. The average molecular weight is 434 g/mol. The van der Waals surface area contributed by atoms with Gasteiger partial charge in [-0.25, -0.2) is 8.42 Å². The van der Waals surface area contributed by atoms with Crippen LogP contribution in [0.15, 0.2) is 41.3 Å². The summed E-state index contributed by atoms with van der Waals surface area (Å²) in [7, 11) is -3.96. The first-order valence-electron chi connectivity index (χ1n) is 10.0. The summed E-state index contributed by atoms with van der Waals surface area (Å²) in [5.41, 5.74) is 2.20. The number of nitro benzene ring substituents is 1. The molecule has 0 bridgehead atoms. The summed E-state index contributed by atoms with van der Waals surface area (Å²) in [6, 6.07) is 9.20. The zero-order chi connectivity index (χ0) is 21.7. The quantitative estimate of drug-likeness (QED) is 0.345. The summed E-state index contributed by atoms with van der Waals surface area (Å²) in [4.78, 5) is 10.8. The fourth-order valence-electron chi connectivity index (χ4n) is 3.58. The van der Waals surface area contributed by atoms with Gasteiger partial charge in [0.25, 0.3) is 15.7 Å². The minimum atomic E-state index is -3.96. The fraction of sp³-hybridized carbons (Fsp3) is 0.429. The first-order chi connectivity index (χ1) is 14.3. The van der Waals surface area contributed by atoms with Gasteiger partial charge in [0.05, 0.1) is 28.2 Å². The third kappa shape index (κ3) is 5.48. The van der Waals surface area contributed by atoms with Crippen molar-refractivity contribution in [1.29, 1.82) is 0 Å². The minimum absolute atomic E-state index is 0.165. The number of hydrogen-bond acceptors (Lipinski definition) is 6. The van der Waals surface area contributed by atoms with Crippen LogP contribution in [0.5, 0.6) is 0 Å². The molecule has 2 N–H and O–H groups in total. The molecule has 0 unspecified atom stereocenters. The molecule has 3 rings (SSSR count). The Morgan fingerprint density at radius 2 is 1.80 bits per heavy atom. The number of ether oxygens (including phenoxy) is 1. The van der Waals surface area contributed by atoms with Crippen molar-refractivity contribution >= 4 is 27.1 Å². The Morgan fingerprint density at radius 1 is 1.10 bits per heavy atom. The fourth-order valence-corrected chi connectivity index (χ4v) is 4.73. The molecule has 162 valence electrons. The second-order valence-corrected chi connectivity index (χ2v) is 9.25. The molecule has 0 amide bonds. The summed E-state index contributed by atoms with van der Waals surface area (Å²) in [6.07, 6.45) is 4.73. The lowest BCUT2D eigenvalue weighted by atomic mass is 10.1. The molecule has 2 aromatic rings. The Kier molecular flexibility index (Phi) is 6.94.